The highest BCUT2D eigenvalue weighted by Gasteiger charge is 2.27. The van der Waals surface area contributed by atoms with Crippen molar-refractivity contribution >= 4 is 28.6 Å². The number of nitrogens with zero attached hydrogens (tertiary/aromatic N) is 5. The number of carbonyl (C=O) groups is 1. The summed E-state index contributed by atoms with van der Waals surface area (Å²) >= 11 is 0. The Hall–Kier alpha value is -2.81. The Bertz CT molecular complexity index is 944. The first kappa shape index (κ1) is 21.4. The molecule has 9 nitrogen and oxygen atoms in total. The van der Waals surface area contributed by atoms with Crippen LogP contribution in [0.5, 0.6) is 11.5 Å². The first-order valence-electron chi connectivity index (χ1n) is 11.0. The van der Waals surface area contributed by atoms with Crippen molar-refractivity contribution in [3.8, 4) is 11.5 Å². The molecule has 31 heavy (non-hydrogen) atoms. The molecule has 1 aromatic heterocycles. The van der Waals surface area contributed by atoms with Gasteiger partial charge in [0.15, 0.2) is 11.5 Å². The maximum atomic E-state index is 12.7. The lowest BCUT2D eigenvalue weighted by Crippen LogP contribution is -2.52. The second-order valence-electron chi connectivity index (χ2n) is 8.33. The van der Waals surface area contributed by atoms with E-state index in [2.05, 4.69) is 21.7 Å². The summed E-state index contributed by atoms with van der Waals surface area (Å²) in [7, 11) is 3.19. The largest absolute Gasteiger partial charge is 0.493 e. The number of carbonyl (C=O) groups excluding carboxylic acids is 1. The topological polar surface area (TPSA) is 97.1 Å². The van der Waals surface area contributed by atoms with E-state index in [0.717, 1.165) is 56.5 Å². The molecule has 168 valence electrons. The number of rotatable bonds is 5. The van der Waals surface area contributed by atoms with Gasteiger partial charge in [0.05, 0.1) is 26.3 Å². The molecule has 0 spiro atoms. The van der Waals surface area contributed by atoms with E-state index < -0.39 is 0 Å². The minimum Gasteiger partial charge on any atom is -0.493 e. The Kier molecular flexibility index (Phi) is 6.31. The number of amides is 1. The van der Waals surface area contributed by atoms with Gasteiger partial charge in [0.2, 0.25) is 11.9 Å². The molecule has 4 rings (SSSR count). The number of hydrogen-bond donors (Lipinski definition) is 1. The summed E-state index contributed by atoms with van der Waals surface area (Å²) in [6.07, 6.45) is 3.44. The van der Waals surface area contributed by atoms with Crippen molar-refractivity contribution in [3.05, 3.63) is 12.1 Å². The fourth-order valence-corrected chi connectivity index (χ4v) is 4.46. The number of benzene rings is 1. The lowest BCUT2D eigenvalue weighted by molar-refractivity contribution is -0.135. The molecule has 0 saturated carbocycles. The van der Waals surface area contributed by atoms with Gasteiger partial charge >= 0.3 is 0 Å². The second-order valence-corrected chi connectivity index (χ2v) is 8.33. The molecular weight excluding hydrogens is 396 g/mol. The van der Waals surface area contributed by atoms with E-state index >= 15 is 0 Å². The predicted molar refractivity (Wildman–Crippen MR) is 121 cm³/mol. The monoisotopic (exact) mass is 428 g/mol. The standard InChI is InChI=1S/C22H32N6O3/c1-15-6-4-5-7-28(15)20(29)14-26-8-10-27(11-9-26)22-24-17-13-19(31-3)18(30-2)12-16(17)21(23)25-22/h12-13,15H,4-11,14H2,1-3H3,(H2,23,24,25). The zero-order valence-corrected chi connectivity index (χ0v) is 18.6. The highest BCUT2D eigenvalue weighted by molar-refractivity contribution is 5.91. The van der Waals surface area contributed by atoms with Crippen LogP contribution in [0.1, 0.15) is 26.2 Å². The number of likely N-dealkylation sites (tertiary alicyclic amines) is 1. The SMILES string of the molecule is COc1cc2nc(N3CCN(CC(=O)N4CCCCC4C)CC3)nc(N)c2cc1OC. The molecule has 1 atom stereocenters. The number of anilines is 2. The first-order valence-corrected chi connectivity index (χ1v) is 11.0. The number of hydrogen-bond acceptors (Lipinski definition) is 8. The minimum atomic E-state index is 0.243. The molecule has 2 aliphatic rings. The van der Waals surface area contributed by atoms with Gasteiger partial charge in [-0.15, -0.1) is 0 Å². The molecule has 2 fully saturated rings. The summed E-state index contributed by atoms with van der Waals surface area (Å²) in [5.41, 5.74) is 6.95. The van der Waals surface area contributed by atoms with Gasteiger partial charge in [-0.25, -0.2) is 4.98 Å². The summed E-state index contributed by atoms with van der Waals surface area (Å²) in [5, 5.41) is 0.737. The smallest absolute Gasteiger partial charge is 0.236 e. The Labute approximate surface area is 183 Å². The summed E-state index contributed by atoms with van der Waals surface area (Å²) in [6, 6.07) is 3.98. The summed E-state index contributed by atoms with van der Waals surface area (Å²) < 4.78 is 10.8. The molecule has 1 amide bonds. The van der Waals surface area contributed by atoms with Crippen molar-refractivity contribution in [2.24, 2.45) is 0 Å². The number of ether oxygens (including phenoxy) is 2. The molecule has 0 aliphatic carbocycles. The highest BCUT2D eigenvalue weighted by atomic mass is 16.5. The fraction of sp³-hybridized carbons (Fsp3) is 0.591. The quantitative estimate of drug-likeness (QED) is 0.769. The molecule has 2 N–H and O–H groups in total. The zero-order valence-electron chi connectivity index (χ0n) is 18.6. The number of aromatic nitrogens is 2. The molecule has 9 heteroatoms. The van der Waals surface area contributed by atoms with Gasteiger partial charge in [-0.3, -0.25) is 9.69 Å². The molecule has 0 bridgehead atoms. The molecule has 0 radical (unpaired) electrons. The van der Waals surface area contributed by atoms with E-state index in [1.54, 1.807) is 20.3 Å². The molecule has 2 aromatic rings. The Morgan fingerprint density at radius 3 is 2.45 bits per heavy atom. The first-order chi connectivity index (χ1) is 15.0. The van der Waals surface area contributed by atoms with Crippen molar-refractivity contribution in [2.75, 3.05) is 64.1 Å². The van der Waals surface area contributed by atoms with E-state index in [1.807, 2.05) is 11.0 Å². The summed E-state index contributed by atoms with van der Waals surface area (Å²) in [4.78, 5) is 28.4. The van der Waals surface area contributed by atoms with Crippen molar-refractivity contribution in [2.45, 2.75) is 32.2 Å². The lowest BCUT2D eigenvalue weighted by Gasteiger charge is -2.38. The van der Waals surface area contributed by atoms with Crippen molar-refractivity contribution < 1.29 is 14.3 Å². The van der Waals surface area contributed by atoms with Crippen LogP contribution in [0.15, 0.2) is 12.1 Å². The van der Waals surface area contributed by atoms with Crippen LogP contribution in [0.2, 0.25) is 0 Å². The number of fused-ring (bicyclic) bond motifs is 1. The van der Waals surface area contributed by atoms with Crippen LogP contribution >= 0.6 is 0 Å². The van der Waals surface area contributed by atoms with E-state index in [0.29, 0.717) is 35.9 Å². The molecule has 1 aromatic carbocycles. The molecular formula is C22H32N6O3. The predicted octanol–water partition coefficient (Wildman–Crippen LogP) is 1.75. The van der Waals surface area contributed by atoms with Gasteiger partial charge in [0, 0.05) is 50.2 Å². The second kappa shape index (κ2) is 9.13. The maximum absolute atomic E-state index is 12.7. The van der Waals surface area contributed by atoms with Crippen LogP contribution in [0.25, 0.3) is 10.9 Å². The average molecular weight is 429 g/mol. The third kappa shape index (κ3) is 4.46. The van der Waals surface area contributed by atoms with Gasteiger partial charge in [-0.05, 0) is 32.3 Å². The molecule has 2 saturated heterocycles. The van der Waals surface area contributed by atoms with Gasteiger partial charge in [0.25, 0.3) is 0 Å². The van der Waals surface area contributed by atoms with Gasteiger partial charge in [-0.1, -0.05) is 0 Å². The van der Waals surface area contributed by atoms with E-state index in [-0.39, 0.29) is 5.91 Å². The van der Waals surface area contributed by atoms with Gasteiger partial charge in [-0.2, -0.15) is 4.98 Å². The van der Waals surface area contributed by atoms with E-state index in [9.17, 15) is 4.79 Å². The highest BCUT2D eigenvalue weighted by Crippen LogP contribution is 2.34. The lowest BCUT2D eigenvalue weighted by atomic mass is 10.0. The number of nitrogens with two attached hydrogens (primary N) is 1. The molecule has 1 unspecified atom stereocenters. The van der Waals surface area contributed by atoms with Crippen LogP contribution in [0.3, 0.4) is 0 Å². The number of piperazine rings is 1. The maximum Gasteiger partial charge on any atom is 0.236 e. The Balaban J connectivity index is 1.43. The summed E-state index contributed by atoms with van der Waals surface area (Å²) in [5.74, 6) is 2.46. The third-order valence-corrected chi connectivity index (χ3v) is 6.36. The van der Waals surface area contributed by atoms with Crippen LogP contribution in [0, 0.1) is 0 Å². The average Bonchev–Trinajstić information content (AvgIpc) is 2.78. The van der Waals surface area contributed by atoms with Crippen LogP contribution in [-0.4, -0.2) is 85.2 Å². The number of methoxy groups -OCH3 is 2. The zero-order chi connectivity index (χ0) is 22.0. The van der Waals surface area contributed by atoms with Crippen molar-refractivity contribution in [3.63, 3.8) is 0 Å². The van der Waals surface area contributed by atoms with E-state index in [1.165, 1.54) is 6.42 Å². The van der Waals surface area contributed by atoms with Crippen LogP contribution in [-0.2, 0) is 4.79 Å². The van der Waals surface area contributed by atoms with Crippen molar-refractivity contribution in [1.29, 1.82) is 0 Å². The Morgan fingerprint density at radius 1 is 1.06 bits per heavy atom. The third-order valence-electron chi connectivity index (χ3n) is 6.36. The summed E-state index contributed by atoms with van der Waals surface area (Å²) in [6.45, 7) is 6.61. The molecule has 3 heterocycles. The van der Waals surface area contributed by atoms with Crippen LogP contribution < -0.4 is 20.1 Å². The minimum absolute atomic E-state index is 0.243. The fourth-order valence-electron chi connectivity index (χ4n) is 4.46. The van der Waals surface area contributed by atoms with Gasteiger partial charge in [0.1, 0.15) is 5.82 Å². The van der Waals surface area contributed by atoms with Crippen LogP contribution in [0.4, 0.5) is 11.8 Å². The normalized spacial score (nSPS) is 20.2. The van der Waals surface area contributed by atoms with Crippen molar-refractivity contribution in [1.82, 2.24) is 19.8 Å². The van der Waals surface area contributed by atoms with Gasteiger partial charge < -0.3 is 25.0 Å². The Morgan fingerprint density at radius 2 is 1.77 bits per heavy atom. The number of nitrogen functional groups attached to an aromatic ring is 1. The molecule has 2 aliphatic heterocycles. The number of piperidine rings is 1. The van der Waals surface area contributed by atoms with E-state index in [4.69, 9.17) is 20.2 Å².